The Hall–Kier alpha value is -2.08. The first-order chi connectivity index (χ1) is 11.8. The summed E-state index contributed by atoms with van der Waals surface area (Å²) in [5, 5.41) is 2.95. The van der Waals surface area contributed by atoms with Gasteiger partial charge in [0, 0.05) is 19.1 Å². The number of ether oxygens (including phenoxy) is 2. The molecule has 1 saturated heterocycles. The Morgan fingerprint density at radius 2 is 2.08 bits per heavy atom. The van der Waals surface area contributed by atoms with Crippen LogP contribution in [0.15, 0.2) is 24.3 Å². The Morgan fingerprint density at radius 3 is 2.76 bits per heavy atom. The van der Waals surface area contributed by atoms with Crippen LogP contribution in [0.1, 0.15) is 49.5 Å². The molecule has 6 nitrogen and oxygen atoms in total. The highest BCUT2D eigenvalue weighted by atomic mass is 16.6. The molecule has 0 saturated carbocycles. The number of hydrogen-bond donors (Lipinski definition) is 1. The molecule has 0 aliphatic carbocycles. The van der Waals surface area contributed by atoms with Gasteiger partial charge in [0.15, 0.2) is 0 Å². The van der Waals surface area contributed by atoms with Crippen LogP contribution in [0.25, 0.3) is 0 Å². The summed E-state index contributed by atoms with van der Waals surface area (Å²) in [6.45, 7) is 8.03. The van der Waals surface area contributed by atoms with Gasteiger partial charge in [-0.05, 0) is 57.9 Å². The Balaban J connectivity index is 1.91. The average Bonchev–Trinajstić information content (AvgIpc) is 2.52. The summed E-state index contributed by atoms with van der Waals surface area (Å²) in [7, 11) is 1.38. The summed E-state index contributed by atoms with van der Waals surface area (Å²) in [4.78, 5) is 25.9. The first-order valence-corrected chi connectivity index (χ1v) is 8.66. The molecule has 25 heavy (non-hydrogen) atoms. The number of benzene rings is 1. The maximum absolute atomic E-state index is 11.9. The molecule has 1 aromatic carbocycles. The van der Waals surface area contributed by atoms with Crippen molar-refractivity contribution in [1.82, 2.24) is 10.2 Å². The number of esters is 1. The molecule has 0 bridgehead atoms. The van der Waals surface area contributed by atoms with Crippen molar-refractivity contribution in [1.29, 1.82) is 0 Å². The van der Waals surface area contributed by atoms with Gasteiger partial charge < -0.3 is 14.8 Å². The van der Waals surface area contributed by atoms with Crippen LogP contribution in [-0.2, 0) is 16.0 Å². The Bertz CT molecular complexity index is 610. The molecule has 2 rings (SSSR count). The zero-order valence-corrected chi connectivity index (χ0v) is 15.5. The molecule has 0 spiro atoms. The molecule has 1 aliphatic heterocycles. The van der Waals surface area contributed by atoms with Crippen LogP contribution in [0, 0.1) is 0 Å². The van der Waals surface area contributed by atoms with Crippen LogP contribution in [0.5, 0.6) is 0 Å². The molecule has 138 valence electrons. The maximum Gasteiger partial charge on any atom is 0.407 e. The fraction of sp³-hybridized carbons (Fsp3) is 0.579. The molecule has 1 fully saturated rings. The number of amides is 1. The SMILES string of the molecule is COC(=O)c1cccc(CN2CCC[C@@H](NC(=O)OC(C)(C)C)C2)c1. The second-order valence-corrected chi connectivity index (χ2v) is 7.41. The Labute approximate surface area is 149 Å². The second kappa shape index (κ2) is 8.34. The molecule has 1 heterocycles. The van der Waals surface area contributed by atoms with Crippen LogP contribution in [0.3, 0.4) is 0 Å². The van der Waals surface area contributed by atoms with E-state index in [4.69, 9.17) is 9.47 Å². The Kier molecular flexibility index (Phi) is 6.42. The third-order valence-electron chi connectivity index (χ3n) is 3.98. The van der Waals surface area contributed by atoms with Gasteiger partial charge in [0.25, 0.3) is 0 Å². The molecule has 6 heteroatoms. The van der Waals surface area contributed by atoms with Crippen molar-refractivity contribution < 1.29 is 19.1 Å². The van der Waals surface area contributed by atoms with Crippen LogP contribution in [-0.4, -0.2) is 48.8 Å². The number of rotatable bonds is 4. The van der Waals surface area contributed by atoms with Crippen molar-refractivity contribution in [2.24, 2.45) is 0 Å². The lowest BCUT2D eigenvalue weighted by Gasteiger charge is -2.33. The minimum absolute atomic E-state index is 0.0763. The zero-order chi connectivity index (χ0) is 18.4. The highest BCUT2D eigenvalue weighted by Crippen LogP contribution is 2.16. The van der Waals surface area contributed by atoms with Crippen LogP contribution in [0.4, 0.5) is 4.79 Å². The molecule has 1 N–H and O–H groups in total. The molecular formula is C19H28N2O4. The van der Waals surface area contributed by atoms with Gasteiger partial charge in [-0.25, -0.2) is 9.59 Å². The fourth-order valence-corrected chi connectivity index (χ4v) is 2.96. The van der Waals surface area contributed by atoms with E-state index in [1.807, 2.05) is 39.0 Å². The molecular weight excluding hydrogens is 320 g/mol. The highest BCUT2D eigenvalue weighted by Gasteiger charge is 2.24. The van der Waals surface area contributed by atoms with Crippen molar-refractivity contribution in [3.63, 3.8) is 0 Å². The summed E-state index contributed by atoms with van der Waals surface area (Å²) < 4.78 is 10.1. The number of carbonyl (C=O) groups excluding carboxylic acids is 2. The summed E-state index contributed by atoms with van der Waals surface area (Å²) in [5.74, 6) is -0.329. The lowest BCUT2D eigenvalue weighted by atomic mass is 10.0. The van der Waals surface area contributed by atoms with E-state index < -0.39 is 5.60 Å². The summed E-state index contributed by atoms with van der Waals surface area (Å²) >= 11 is 0. The molecule has 1 aromatic rings. The minimum atomic E-state index is -0.493. The number of nitrogens with zero attached hydrogens (tertiary/aromatic N) is 1. The third kappa shape index (κ3) is 6.38. The van der Waals surface area contributed by atoms with E-state index in [9.17, 15) is 9.59 Å². The van der Waals surface area contributed by atoms with Gasteiger partial charge in [0.1, 0.15) is 5.60 Å². The smallest absolute Gasteiger partial charge is 0.407 e. The van der Waals surface area contributed by atoms with Crippen LogP contribution in [0.2, 0.25) is 0 Å². The number of likely N-dealkylation sites (tertiary alicyclic amines) is 1. The van der Waals surface area contributed by atoms with Crippen LogP contribution < -0.4 is 5.32 Å². The molecule has 0 radical (unpaired) electrons. The lowest BCUT2D eigenvalue weighted by Crippen LogP contribution is -2.48. The van der Waals surface area contributed by atoms with Crippen molar-refractivity contribution in [2.75, 3.05) is 20.2 Å². The van der Waals surface area contributed by atoms with Gasteiger partial charge in [0.2, 0.25) is 0 Å². The molecule has 0 aromatic heterocycles. The van der Waals surface area contributed by atoms with E-state index >= 15 is 0 Å². The van der Waals surface area contributed by atoms with Crippen molar-refractivity contribution in [2.45, 2.75) is 51.8 Å². The minimum Gasteiger partial charge on any atom is -0.465 e. The number of alkyl carbamates (subject to hydrolysis) is 1. The number of methoxy groups -OCH3 is 1. The normalized spacial score (nSPS) is 18.5. The van der Waals surface area contributed by atoms with Gasteiger partial charge in [-0.1, -0.05) is 12.1 Å². The van der Waals surface area contributed by atoms with Gasteiger partial charge in [-0.15, -0.1) is 0 Å². The molecule has 1 aliphatic rings. The average molecular weight is 348 g/mol. The first kappa shape index (κ1) is 19.2. The molecule has 0 unspecified atom stereocenters. The second-order valence-electron chi connectivity index (χ2n) is 7.41. The number of carbonyl (C=O) groups is 2. The highest BCUT2D eigenvalue weighted by molar-refractivity contribution is 5.89. The van der Waals surface area contributed by atoms with E-state index in [-0.39, 0.29) is 18.1 Å². The summed E-state index contributed by atoms with van der Waals surface area (Å²) in [6.07, 6.45) is 1.58. The first-order valence-electron chi connectivity index (χ1n) is 8.66. The largest absolute Gasteiger partial charge is 0.465 e. The van der Waals surface area contributed by atoms with E-state index in [2.05, 4.69) is 10.2 Å². The lowest BCUT2D eigenvalue weighted by molar-refractivity contribution is 0.0469. The number of nitrogens with one attached hydrogen (secondary N) is 1. The number of piperidine rings is 1. The van der Waals surface area contributed by atoms with E-state index in [1.54, 1.807) is 6.07 Å². The Morgan fingerprint density at radius 1 is 1.32 bits per heavy atom. The van der Waals surface area contributed by atoms with Crippen LogP contribution >= 0.6 is 0 Å². The van der Waals surface area contributed by atoms with Crippen molar-refractivity contribution >= 4 is 12.1 Å². The quantitative estimate of drug-likeness (QED) is 0.847. The van der Waals surface area contributed by atoms with Gasteiger partial charge in [-0.2, -0.15) is 0 Å². The zero-order valence-electron chi connectivity index (χ0n) is 15.5. The van der Waals surface area contributed by atoms with Crippen molar-refractivity contribution in [3.8, 4) is 0 Å². The topological polar surface area (TPSA) is 67.9 Å². The van der Waals surface area contributed by atoms with E-state index in [0.717, 1.165) is 38.0 Å². The van der Waals surface area contributed by atoms with Gasteiger partial charge in [-0.3, -0.25) is 4.90 Å². The van der Waals surface area contributed by atoms with E-state index in [1.165, 1.54) is 7.11 Å². The van der Waals surface area contributed by atoms with E-state index in [0.29, 0.717) is 5.56 Å². The maximum atomic E-state index is 11.9. The predicted octanol–water partition coefficient (Wildman–Crippen LogP) is 2.96. The molecule has 1 amide bonds. The predicted molar refractivity (Wildman–Crippen MR) is 95.5 cm³/mol. The summed E-state index contributed by atoms with van der Waals surface area (Å²) in [5.41, 5.74) is 1.12. The third-order valence-corrected chi connectivity index (χ3v) is 3.98. The fourth-order valence-electron chi connectivity index (χ4n) is 2.96. The standard InChI is InChI=1S/C19H28N2O4/c1-19(2,3)25-18(23)20-16-9-6-10-21(13-16)12-14-7-5-8-15(11-14)17(22)24-4/h5,7-8,11,16H,6,9-10,12-13H2,1-4H3,(H,20,23)/t16-/m1/s1. The monoisotopic (exact) mass is 348 g/mol. The number of hydrogen-bond acceptors (Lipinski definition) is 5. The summed E-state index contributed by atoms with van der Waals surface area (Å²) in [6, 6.07) is 7.54. The molecule has 1 atom stereocenters. The van der Waals surface area contributed by atoms with Crippen molar-refractivity contribution in [3.05, 3.63) is 35.4 Å². The van der Waals surface area contributed by atoms with Gasteiger partial charge >= 0.3 is 12.1 Å². The van der Waals surface area contributed by atoms with Gasteiger partial charge in [0.05, 0.1) is 12.7 Å².